The number of nitrogens with one attached hydrogen (secondary N) is 1. The molecule has 4 rings (SSSR count). The van der Waals surface area contributed by atoms with Gasteiger partial charge in [0.1, 0.15) is 11.6 Å². The van der Waals surface area contributed by atoms with Crippen LogP contribution in [0.2, 0.25) is 0 Å². The van der Waals surface area contributed by atoms with Gasteiger partial charge in [-0.3, -0.25) is 9.48 Å². The summed E-state index contributed by atoms with van der Waals surface area (Å²) in [4.78, 5) is 21.8. The van der Waals surface area contributed by atoms with Crippen molar-refractivity contribution in [2.45, 2.75) is 45.1 Å². The van der Waals surface area contributed by atoms with Gasteiger partial charge in [-0.25, -0.2) is 9.37 Å². The van der Waals surface area contributed by atoms with Crippen LogP contribution in [0.1, 0.15) is 48.4 Å². The summed E-state index contributed by atoms with van der Waals surface area (Å²) in [5.74, 6) is 0.901. The van der Waals surface area contributed by atoms with Gasteiger partial charge in [0.2, 0.25) is 0 Å². The van der Waals surface area contributed by atoms with Crippen molar-refractivity contribution in [3.63, 3.8) is 0 Å². The Balaban J connectivity index is 1.33. The number of aromatic nitrogens is 5. The number of carbonyl (C=O) groups is 1. The minimum absolute atomic E-state index is 0.156. The first-order chi connectivity index (χ1) is 13.6. The van der Waals surface area contributed by atoms with E-state index < -0.39 is 0 Å². The zero-order valence-corrected chi connectivity index (χ0v) is 16.1. The molecule has 28 heavy (non-hydrogen) atoms. The van der Waals surface area contributed by atoms with Gasteiger partial charge in [0, 0.05) is 26.6 Å². The zero-order chi connectivity index (χ0) is 19.5. The van der Waals surface area contributed by atoms with Crippen molar-refractivity contribution in [1.29, 1.82) is 0 Å². The van der Waals surface area contributed by atoms with Crippen LogP contribution in [0.25, 0.3) is 11.0 Å². The van der Waals surface area contributed by atoms with E-state index in [9.17, 15) is 9.18 Å². The van der Waals surface area contributed by atoms with Gasteiger partial charge in [-0.2, -0.15) is 0 Å². The van der Waals surface area contributed by atoms with Crippen LogP contribution in [-0.2, 0) is 13.0 Å². The predicted molar refractivity (Wildman–Crippen MR) is 103 cm³/mol. The number of fused-ring (bicyclic) bond motifs is 1. The fourth-order valence-electron chi connectivity index (χ4n) is 3.84. The number of aromatic amines is 1. The molecule has 0 aliphatic heterocycles. The molecule has 2 heterocycles. The summed E-state index contributed by atoms with van der Waals surface area (Å²) in [6, 6.07) is 4.45. The minimum atomic E-state index is -0.300. The molecule has 1 amide bonds. The Kier molecular flexibility index (Phi) is 5.36. The Morgan fingerprint density at radius 3 is 2.96 bits per heavy atom. The van der Waals surface area contributed by atoms with Crippen molar-refractivity contribution in [2.75, 3.05) is 13.6 Å². The highest BCUT2D eigenvalue weighted by atomic mass is 19.1. The highest BCUT2D eigenvalue weighted by Gasteiger charge is 2.19. The number of carbonyl (C=O) groups excluding carboxylic acids is 1. The standard InChI is InChI=1S/C20H25FN6O/c1-26(10-9-19-22-16-8-7-15(21)11-17(16)23-19)20(28)18-13-27(25-24-18)12-14-5-3-2-4-6-14/h7-8,11,13-14H,2-6,9-10,12H2,1H3,(H,22,23). The Morgan fingerprint density at radius 2 is 2.14 bits per heavy atom. The molecule has 0 saturated heterocycles. The molecule has 1 fully saturated rings. The van der Waals surface area contributed by atoms with Gasteiger partial charge in [-0.05, 0) is 37.0 Å². The topological polar surface area (TPSA) is 79.7 Å². The molecule has 0 radical (unpaired) electrons. The van der Waals surface area contributed by atoms with E-state index in [0.717, 1.165) is 17.9 Å². The first-order valence-corrected chi connectivity index (χ1v) is 9.88. The average Bonchev–Trinajstić information content (AvgIpc) is 3.32. The van der Waals surface area contributed by atoms with Crippen LogP contribution in [0, 0.1) is 11.7 Å². The van der Waals surface area contributed by atoms with Gasteiger partial charge in [-0.15, -0.1) is 5.10 Å². The summed E-state index contributed by atoms with van der Waals surface area (Å²) in [5, 5.41) is 8.19. The van der Waals surface area contributed by atoms with Crippen molar-refractivity contribution in [1.82, 2.24) is 29.9 Å². The number of halogens is 1. The van der Waals surface area contributed by atoms with Crippen LogP contribution in [0.15, 0.2) is 24.4 Å². The monoisotopic (exact) mass is 384 g/mol. The Labute approximate surface area is 162 Å². The summed E-state index contributed by atoms with van der Waals surface area (Å²) in [6.45, 7) is 1.32. The van der Waals surface area contributed by atoms with Gasteiger partial charge in [0.25, 0.3) is 5.91 Å². The van der Waals surface area contributed by atoms with Crippen molar-refractivity contribution >= 4 is 16.9 Å². The maximum atomic E-state index is 13.3. The van der Waals surface area contributed by atoms with E-state index in [4.69, 9.17) is 0 Å². The average molecular weight is 384 g/mol. The SMILES string of the molecule is CN(CCc1nc2ccc(F)cc2[nH]1)C(=O)c1cn(CC2CCCCC2)nn1. The normalized spacial score (nSPS) is 15.2. The molecule has 0 unspecified atom stereocenters. The molecule has 1 saturated carbocycles. The molecule has 1 N–H and O–H groups in total. The maximum Gasteiger partial charge on any atom is 0.275 e. The number of H-pyrrole nitrogens is 1. The quantitative estimate of drug-likeness (QED) is 0.708. The molecule has 0 bridgehead atoms. The van der Waals surface area contributed by atoms with Crippen LogP contribution in [0.4, 0.5) is 4.39 Å². The lowest BCUT2D eigenvalue weighted by Gasteiger charge is -2.20. The van der Waals surface area contributed by atoms with Gasteiger partial charge in [0.15, 0.2) is 5.69 Å². The van der Waals surface area contributed by atoms with E-state index >= 15 is 0 Å². The number of hydrogen-bond acceptors (Lipinski definition) is 4. The number of benzene rings is 1. The van der Waals surface area contributed by atoms with E-state index in [0.29, 0.717) is 30.1 Å². The molecule has 1 aliphatic carbocycles. The van der Waals surface area contributed by atoms with Crippen LogP contribution in [0.3, 0.4) is 0 Å². The first kappa shape index (κ1) is 18.6. The summed E-state index contributed by atoms with van der Waals surface area (Å²) < 4.78 is 15.1. The zero-order valence-electron chi connectivity index (χ0n) is 16.1. The fraction of sp³-hybridized carbons (Fsp3) is 0.500. The number of amides is 1. The van der Waals surface area contributed by atoms with E-state index in [1.165, 1.54) is 44.2 Å². The fourth-order valence-corrected chi connectivity index (χ4v) is 3.84. The molecular weight excluding hydrogens is 359 g/mol. The number of hydrogen-bond donors (Lipinski definition) is 1. The smallest absolute Gasteiger partial charge is 0.275 e. The Hall–Kier alpha value is -2.77. The molecule has 0 atom stereocenters. The Bertz CT molecular complexity index is 959. The molecular formula is C20H25FN6O. The maximum absolute atomic E-state index is 13.3. The van der Waals surface area contributed by atoms with Crippen molar-refractivity contribution in [2.24, 2.45) is 5.92 Å². The largest absolute Gasteiger partial charge is 0.342 e. The van der Waals surface area contributed by atoms with E-state index in [-0.39, 0.29) is 11.7 Å². The number of nitrogens with zero attached hydrogens (tertiary/aromatic N) is 5. The molecule has 0 spiro atoms. The molecule has 148 valence electrons. The number of likely N-dealkylation sites (N-methyl/N-ethyl adjacent to an activating group) is 1. The highest BCUT2D eigenvalue weighted by molar-refractivity contribution is 5.91. The summed E-state index contributed by atoms with van der Waals surface area (Å²) in [7, 11) is 1.74. The summed E-state index contributed by atoms with van der Waals surface area (Å²) >= 11 is 0. The van der Waals surface area contributed by atoms with Crippen molar-refractivity contribution in [3.05, 3.63) is 41.7 Å². The Morgan fingerprint density at radius 1 is 1.32 bits per heavy atom. The molecule has 1 aromatic carbocycles. The second kappa shape index (κ2) is 8.08. The number of imidazole rings is 1. The molecule has 1 aliphatic rings. The van der Waals surface area contributed by atoms with Crippen LogP contribution >= 0.6 is 0 Å². The third-order valence-electron chi connectivity index (χ3n) is 5.45. The third-order valence-corrected chi connectivity index (χ3v) is 5.45. The van der Waals surface area contributed by atoms with Crippen LogP contribution in [-0.4, -0.2) is 49.4 Å². The molecule has 7 nitrogen and oxygen atoms in total. The summed E-state index contributed by atoms with van der Waals surface area (Å²) in [6.07, 6.45) is 8.63. The van der Waals surface area contributed by atoms with Crippen LogP contribution < -0.4 is 0 Å². The lowest BCUT2D eigenvalue weighted by atomic mass is 9.89. The lowest BCUT2D eigenvalue weighted by molar-refractivity contribution is 0.0790. The van der Waals surface area contributed by atoms with E-state index in [2.05, 4.69) is 20.3 Å². The van der Waals surface area contributed by atoms with Gasteiger partial charge in [-0.1, -0.05) is 24.5 Å². The van der Waals surface area contributed by atoms with Crippen molar-refractivity contribution in [3.8, 4) is 0 Å². The van der Waals surface area contributed by atoms with Crippen LogP contribution in [0.5, 0.6) is 0 Å². The second-order valence-electron chi connectivity index (χ2n) is 7.65. The minimum Gasteiger partial charge on any atom is -0.342 e. The van der Waals surface area contributed by atoms with Crippen molar-refractivity contribution < 1.29 is 9.18 Å². The third kappa shape index (κ3) is 4.21. The van der Waals surface area contributed by atoms with Gasteiger partial charge < -0.3 is 9.88 Å². The van der Waals surface area contributed by atoms with E-state index in [1.54, 1.807) is 28.9 Å². The first-order valence-electron chi connectivity index (χ1n) is 9.88. The van der Waals surface area contributed by atoms with Gasteiger partial charge in [0.05, 0.1) is 17.2 Å². The highest BCUT2D eigenvalue weighted by Crippen LogP contribution is 2.24. The van der Waals surface area contributed by atoms with E-state index in [1.807, 2.05) is 0 Å². The predicted octanol–water partition coefficient (Wildman–Crippen LogP) is 3.19. The number of rotatable bonds is 6. The van der Waals surface area contributed by atoms with Gasteiger partial charge >= 0.3 is 0 Å². The second-order valence-corrected chi connectivity index (χ2v) is 7.65. The molecule has 3 aromatic rings. The summed E-state index contributed by atoms with van der Waals surface area (Å²) in [5.41, 5.74) is 1.75. The lowest BCUT2D eigenvalue weighted by Crippen LogP contribution is -2.29. The molecule has 2 aromatic heterocycles. The molecule has 8 heteroatoms.